The molecule has 0 aliphatic carbocycles. The molecule has 0 radical (unpaired) electrons. The molecule has 1 aliphatic rings. The predicted octanol–water partition coefficient (Wildman–Crippen LogP) is 2.12. The van der Waals surface area contributed by atoms with E-state index in [2.05, 4.69) is 10.6 Å². The van der Waals surface area contributed by atoms with Crippen molar-refractivity contribution in [3.63, 3.8) is 0 Å². The van der Waals surface area contributed by atoms with Crippen molar-refractivity contribution in [3.8, 4) is 5.75 Å². The zero-order valence-corrected chi connectivity index (χ0v) is 11.4. The largest absolute Gasteiger partial charge is 0.482 e. The SMILES string of the molecule is O=C1COc2ccc(CNc3ccc(CO)cc3)cc2N1. The summed E-state index contributed by atoms with van der Waals surface area (Å²) in [6.07, 6.45) is 0. The number of anilines is 2. The van der Waals surface area contributed by atoms with E-state index in [9.17, 15) is 4.79 Å². The van der Waals surface area contributed by atoms with Crippen molar-refractivity contribution in [2.24, 2.45) is 0 Å². The highest BCUT2D eigenvalue weighted by Crippen LogP contribution is 2.28. The van der Waals surface area contributed by atoms with Crippen LogP contribution in [-0.4, -0.2) is 17.6 Å². The Balaban J connectivity index is 1.67. The van der Waals surface area contributed by atoms with Gasteiger partial charge in [-0.2, -0.15) is 0 Å². The molecule has 2 aromatic carbocycles. The molecule has 5 heteroatoms. The number of benzene rings is 2. The molecule has 0 saturated heterocycles. The minimum absolute atomic E-state index is 0.0464. The van der Waals surface area contributed by atoms with Gasteiger partial charge >= 0.3 is 0 Å². The predicted molar refractivity (Wildman–Crippen MR) is 80.3 cm³/mol. The van der Waals surface area contributed by atoms with Crippen LogP contribution in [0.4, 0.5) is 11.4 Å². The second-order valence-corrected chi connectivity index (χ2v) is 4.88. The van der Waals surface area contributed by atoms with Gasteiger partial charge in [0.25, 0.3) is 5.91 Å². The van der Waals surface area contributed by atoms with Crippen LogP contribution in [0.25, 0.3) is 0 Å². The number of carbonyl (C=O) groups excluding carboxylic acids is 1. The van der Waals surface area contributed by atoms with Crippen LogP contribution in [0.3, 0.4) is 0 Å². The lowest BCUT2D eigenvalue weighted by atomic mass is 10.1. The zero-order chi connectivity index (χ0) is 14.7. The fourth-order valence-corrected chi connectivity index (χ4v) is 2.17. The van der Waals surface area contributed by atoms with E-state index in [1.165, 1.54) is 0 Å². The number of rotatable bonds is 4. The van der Waals surface area contributed by atoms with Gasteiger partial charge in [0.05, 0.1) is 12.3 Å². The molecule has 0 atom stereocenters. The van der Waals surface area contributed by atoms with Gasteiger partial charge in [-0.05, 0) is 35.4 Å². The Morgan fingerprint density at radius 1 is 1.14 bits per heavy atom. The summed E-state index contributed by atoms with van der Waals surface area (Å²) >= 11 is 0. The Hall–Kier alpha value is -2.53. The molecule has 5 nitrogen and oxygen atoms in total. The van der Waals surface area contributed by atoms with E-state index in [-0.39, 0.29) is 19.1 Å². The highest BCUT2D eigenvalue weighted by Gasteiger charge is 2.15. The molecule has 0 unspecified atom stereocenters. The van der Waals surface area contributed by atoms with Gasteiger partial charge in [-0.25, -0.2) is 0 Å². The van der Waals surface area contributed by atoms with Crippen LogP contribution in [-0.2, 0) is 17.9 Å². The lowest BCUT2D eigenvalue weighted by Gasteiger charge is -2.18. The number of hydrogen-bond acceptors (Lipinski definition) is 4. The van der Waals surface area contributed by atoms with E-state index >= 15 is 0 Å². The number of ether oxygens (including phenoxy) is 1. The maximum atomic E-state index is 11.3. The Labute approximate surface area is 122 Å². The van der Waals surface area contributed by atoms with Gasteiger partial charge in [0, 0.05) is 12.2 Å². The maximum absolute atomic E-state index is 11.3. The van der Waals surface area contributed by atoms with Crippen molar-refractivity contribution in [3.05, 3.63) is 53.6 Å². The lowest BCUT2D eigenvalue weighted by molar-refractivity contribution is -0.118. The number of amides is 1. The van der Waals surface area contributed by atoms with E-state index < -0.39 is 0 Å². The van der Waals surface area contributed by atoms with E-state index in [4.69, 9.17) is 9.84 Å². The number of hydrogen-bond donors (Lipinski definition) is 3. The summed E-state index contributed by atoms with van der Waals surface area (Å²) < 4.78 is 5.32. The third kappa shape index (κ3) is 3.14. The summed E-state index contributed by atoms with van der Waals surface area (Å²) in [4.78, 5) is 11.3. The quantitative estimate of drug-likeness (QED) is 0.804. The molecule has 1 aliphatic heterocycles. The molecule has 0 bridgehead atoms. The maximum Gasteiger partial charge on any atom is 0.262 e. The van der Waals surface area contributed by atoms with Crippen LogP contribution in [0.2, 0.25) is 0 Å². The third-order valence-corrected chi connectivity index (χ3v) is 3.31. The molecule has 108 valence electrons. The molecule has 3 rings (SSSR count). The first-order valence-corrected chi connectivity index (χ1v) is 6.74. The Bertz CT molecular complexity index is 653. The number of nitrogens with one attached hydrogen (secondary N) is 2. The fourth-order valence-electron chi connectivity index (χ4n) is 2.17. The molecular weight excluding hydrogens is 268 g/mol. The molecule has 2 aromatic rings. The summed E-state index contributed by atoms with van der Waals surface area (Å²) in [6, 6.07) is 13.3. The first-order valence-electron chi connectivity index (χ1n) is 6.74. The lowest BCUT2D eigenvalue weighted by Crippen LogP contribution is -2.25. The van der Waals surface area contributed by atoms with Crippen molar-refractivity contribution in [2.45, 2.75) is 13.2 Å². The second kappa shape index (κ2) is 5.85. The Kier molecular flexibility index (Phi) is 3.75. The minimum Gasteiger partial charge on any atom is -0.482 e. The van der Waals surface area contributed by atoms with Gasteiger partial charge in [0.15, 0.2) is 6.61 Å². The van der Waals surface area contributed by atoms with Crippen molar-refractivity contribution in [2.75, 3.05) is 17.2 Å². The number of carbonyl (C=O) groups is 1. The summed E-state index contributed by atoms with van der Waals surface area (Å²) in [5.74, 6) is 0.567. The molecular formula is C16H16N2O3. The van der Waals surface area contributed by atoms with Crippen molar-refractivity contribution in [1.29, 1.82) is 0 Å². The van der Waals surface area contributed by atoms with Gasteiger partial charge in [-0.15, -0.1) is 0 Å². The molecule has 0 saturated carbocycles. The average Bonchev–Trinajstić information content (AvgIpc) is 2.53. The van der Waals surface area contributed by atoms with E-state index in [0.29, 0.717) is 18.0 Å². The molecule has 0 spiro atoms. The molecule has 21 heavy (non-hydrogen) atoms. The number of aliphatic hydroxyl groups is 1. The van der Waals surface area contributed by atoms with Crippen molar-refractivity contribution >= 4 is 17.3 Å². The summed E-state index contributed by atoms with van der Waals surface area (Å²) in [7, 11) is 0. The average molecular weight is 284 g/mol. The molecule has 3 N–H and O–H groups in total. The van der Waals surface area contributed by atoms with E-state index in [1.807, 2.05) is 42.5 Å². The van der Waals surface area contributed by atoms with Gasteiger partial charge < -0.3 is 20.5 Å². The normalized spacial score (nSPS) is 13.1. The van der Waals surface area contributed by atoms with Gasteiger partial charge in [0.2, 0.25) is 0 Å². The van der Waals surface area contributed by atoms with Crippen LogP contribution in [0, 0.1) is 0 Å². The minimum atomic E-state index is -0.132. The van der Waals surface area contributed by atoms with Gasteiger partial charge in [0.1, 0.15) is 5.75 Å². The van der Waals surface area contributed by atoms with Gasteiger partial charge in [-0.3, -0.25) is 4.79 Å². The highest BCUT2D eigenvalue weighted by atomic mass is 16.5. The van der Waals surface area contributed by atoms with Crippen LogP contribution < -0.4 is 15.4 Å². The molecule has 0 aromatic heterocycles. The Morgan fingerprint density at radius 3 is 2.67 bits per heavy atom. The van der Waals surface area contributed by atoms with Gasteiger partial charge in [-0.1, -0.05) is 18.2 Å². The van der Waals surface area contributed by atoms with Crippen LogP contribution in [0.15, 0.2) is 42.5 Å². The number of aliphatic hydroxyl groups excluding tert-OH is 1. The Morgan fingerprint density at radius 2 is 1.90 bits per heavy atom. The van der Waals surface area contributed by atoms with Crippen molar-refractivity contribution in [1.82, 2.24) is 0 Å². The zero-order valence-electron chi connectivity index (χ0n) is 11.4. The first kappa shape index (κ1) is 13.5. The van der Waals surface area contributed by atoms with Crippen LogP contribution in [0.1, 0.15) is 11.1 Å². The smallest absolute Gasteiger partial charge is 0.262 e. The molecule has 1 amide bonds. The summed E-state index contributed by atoms with van der Waals surface area (Å²) in [5.41, 5.74) is 3.62. The standard InChI is InChI=1S/C16H16N2O3/c19-9-11-1-4-13(5-2-11)17-8-12-3-6-15-14(7-12)18-16(20)10-21-15/h1-7,17,19H,8-10H2,(H,18,20). The monoisotopic (exact) mass is 284 g/mol. The highest BCUT2D eigenvalue weighted by molar-refractivity contribution is 5.95. The second-order valence-electron chi connectivity index (χ2n) is 4.88. The van der Waals surface area contributed by atoms with Crippen LogP contribution in [0.5, 0.6) is 5.75 Å². The molecule has 0 fully saturated rings. The van der Waals surface area contributed by atoms with Crippen molar-refractivity contribution < 1.29 is 14.6 Å². The first-order chi connectivity index (χ1) is 10.2. The topological polar surface area (TPSA) is 70.6 Å². The van der Waals surface area contributed by atoms with Crippen LogP contribution >= 0.6 is 0 Å². The summed E-state index contributed by atoms with van der Waals surface area (Å²) in [5, 5.41) is 15.1. The summed E-state index contributed by atoms with van der Waals surface area (Å²) in [6.45, 7) is 0.758. The molecule has 1 heterocycles. The third-order valence-electron chi connectivity index (χ3n) is 3.31. The fraction of sp³-hybridized carbons (Fsp3) is 0.188. The van der Waals surface area contributed by atoms with E-state index in [1.54, 1.807) is 0 Å². The number of fused-ring (bicyclic) bond motifs is 1. The van der Waals surface area contributed by atoms with E-state index in [0.717, 1.165) is 16.8 Å².